The number of methoxy groups -OCH3 is 2. The summed E-state index contributed by atoms with van der Waals surface area (Å²) in [6.07, 6.45) is 3.52. The van der Waals surface area contributed by atoms with Crippen molar-refractivity contribution in [3.8, 4) is 11.5 Å². The number of aromatic nitrogens is 3. The monoisotopic (exact) mass is 482 g/mol. The molecule has 178 valence electrons. The van der Waals surface area contributed by atoms with Gasteiger partial charge >= 0.3 is 5.97 Å². The van der Waals surface area contributed by atoms with E-state index in [1.807, 2.05) is 14.0 Å². The van der Waals surface area contributed by atoms with Crippen molar-refractivity contribution >= 4 is 23.4 Å². The topological polar surface area (TPSA) is 96.9 Å². The van der Waals surface area contributed by atoms with E-state index in [4.69, 9.17) is 14.2 Å². The molecule has 1 aromatic carbocycles. The van der Waals surface area contributed by atoms with Crippen LogP contribution in [0.4, 0.5) is 0 Å². The van der Waals surface area contributed by atoms with Crippen LogP contribution in [-0.2, 0) is 16.6 Å². The van der Waals surface area contributed by atoms with Gasteiger partial charge in [0.05, 0.1) is 42.8 Å². The maximum absolute atomic E-state index is 13.7. The van der Waals surface area contributed by atoms with Crippen molar-refractivity contribution in [1.82, 2.24) is 14.3 Å². The number of carbonyl (C=O) groups excluding carboxylic acids is 1. The van der Waals surface area contributed by atoms with Crippen LogP contribution < -0.4 is 24.4 Å². The Kier molecular flexibility index (Phi) is 6.43. The molecule has 9 nitrogen and oxygen atoms in total. The van der Waals surface area contributed by atoms with Crippen molar-refractivity contribution in [2.45, 2.75) is 26.8 Å². The molecule has 0 aliphatic carbocycles. The summed E-state index contributed by atoms with van der Waals surface area (Å²) in [7, 11) is 4.94. The summed E-state index contributed by atoms with van der Waals surface area (Å²) in [5, 5.41) is 4.25. The van der Waals surface area contributed by atoms with Crippen LogP contribution in [-0.4, -0.2) is 41.1 Å². The van der Waals surface area contributed by atoms with Gasteiger partial charge in [0.1, 0.15) is 17.5 Å². The van der Waals surface area contributed by atoms with Gasteiger partial charge in [0, 0.05) is 29.9 Å². The van der Waals surface area contributed by atoms with E-state index in [9.17, 15) is 9.59 Å². The highest BCUT2D eigenvalue weighted by atomic mass is 32.1. The Morgan fingerprint density at radius 1 is 1.24 bits per heavy atom. The van der Waals surface area contributed by atoms with E-state index < -0.39 is 12.0 Å². The number of nitrogens with zero attached hydrogens (tertiary/aromatic N) is 4. The van der Waals surface area contributed by atoms with Gasteiger partial charge in [-0.05, 0) is 39.0 Å². The molecule has 1 aliphatic rings. The van der Waals surface area contributed by atoms with Crippen molar-refractivity contribution in [3.05, 3.63) is 72.2 Å². The van der Waals surface area contributed by atoms with E-state index in [-0.39, 0.29) is 12.2 Å². The fraction of sp³-hybridized carbons (Fsp3) is 0.333. The van der Waals surface area contributed by atoms with Crippen LogP contribution in [0, 0.1) is 6.92 Å². The van der Waals surface area contributed by atoms with E-state index in [0.717, 1.165) is 11.3 Å². The van der Waals surface area contributed by atoms with Gasteiger partial charge in [0.25, 0.3) is 5.56 Å². The first-order valence-corrected chi connectivity index (χ1v) is 11.5. The molecule has 2 aromatic heterocycles. The highest BCUT2D eigenvalue weighted by Gasteiger charge is 2.35. The summed E-state index contributed by atoms with van der Waals surface area (Å²) in [6.45, 7) is 5.62. The van der Waals surface area contributed by atoms with Gasteiger partial charge in [-0.15, -0.1) is 0 Å². The number of benzene rings is 1. The lowest BCUT2D eigenvalue weighted by molar-refractivity contribution is -0.139. The molecule has 4 rings (SSSR count). The molecule has 0 N–H and O–H groups in total. The van der Waals surface area contributed by atoms with E-state index in [1.165, 1.54) is 23.0 Å². The number of aryl methyl sites for hydroxylation is 1. The Hall–Kier alpha value is -3.66. The number of hydrogen-bond donors (Lipinski definition) is 0. The van der Waals surface area contributed by atoms with Gasteiger partial charge in [-0.25, -0.2) is 9.79 Å². The molecule has 0 saturated heterocycles. The predicted molar refractivity (Wildman–Crippen MR) is 128 cm³/mol. The van der Waals surface area contributed by atoms with Gasteiger partial charge in [-0.2, -0.15) is 5.10 Å². The molecule has 0 fully saturated rings. The predicted octanol–water partition coefficient (Wildman–Crippen LogP) is 1.86. The van der Waals surface area contributed by atoms with E-state index in [1.54, 1.807) is 56.1 Å². The molecule has 10 heteroatoms. The first kappa shape index (κ1) is 23.5. The van der Waals surface area contributed by atoms with Gasteiger partial charge in [-0.1, -0.05) is 11.3 Å². The van der Waals surface area contributed by atoms with Gasteiger partial charge < -0.3 is 14.2 Å². The first-order valence-electron chi connectivity index (χ1n) is 10.7. The molecule has 0 radical (unpaired) electrons. The van der Waals surface area contributed by atoms with E-state index in [2.05, 4.69) is 10.1 Å². The zero-order valence-corrected chi connectivity index (χ0v) is 20.7. The largest absolute Gasteiger partial charge is 0.497 e. The lowest BCUT2D eigenvalue weighted by Gasteiger charge is -2.26. The molecular formula is C24H26N4O5S. The average molecular weight is 483 g/mol. The summed E-state index contributed by atoms with van der Waals surface area (Å²) in [5.74, 6) is 0.556. The van der Waals surface area contributed by atoms with Crippen molar-refractivity contribution < 1.29 is 19.0 Å². The Morgan fingerprint density at radius 2 is 2.00 bits per heavy atom. The van der Waals surface area contributed by atoms with E-state index in [0.29, 0.717) is 37.7 Å². The number of allylic oxidation sites excluding steroid dienone is 1. The SMILES string of the molecule is CCOC(=O)C1=C(C)N=c2s/c(=C/c3cnn(C)c3C)c(=O)n2[C@H]1c1ccc(OC)cc1OC. The zero-order valence-electron chi connectivity index (χ0n) is 19.9. The van der Waals surface area contributed by atoms with Crippen molar-refractivity contribution in [2.24, 2.45) is 12.0 Å². The minimum absolute atomic E-state index is 0.201. The molecule has 0 saturated carbocycles. The fourth-order valence-corrected chi connectivity index (χ4v) is 4.97. The van der Waals surface area contributed by atoms with Gasteiger partial charge in [0.15, 0.2) is 4.80 Å². The third-order valence-electron chi connectivity index (χ3n) is 5.81. The third kappa shape index (κ3) is 3.94. The molecule has 3 heterocycles. The Bertz CT molecular complexity index is 1480. The number of carbonyl (C=O) groups is 1. The molecule has 3 aromatic rings. The fourth-order valence-electron chi connectivity index (χ4n) is 3.93. The average Bonchev–Trinajstić information content (AvgIpc) is 3.31. The number of thiazole rings is 1. The second-order valence-corrected chi connectivity index (χ2v) is 8.73. The highest BCUT2D eigenvalue weighted by Crippen LogP contribution is 2.37. The van der Waals surface area contributed by atoms with Crippen molar-refractivity contribution in [2.75, 3.05) is 20.8 Å². The Morgan fingerprint density at radius 3 is 2.62 bits per heavy atom. The van der Waals surface area contributed by atoms with Gasteiger partial charge in [-0.3, -0.25) is 14.0 Å². The van der Waals surface area contributed by atoms with Crippen LogP contribution in [0.25, 0.3) is 6.08 Å². The molecule has 0 bridgehead atoms. The molecule has 0 unspecified atom stereocenters. The summed E-state index contributed by atoms with van der Waals surface area (Å²) in [6, 6.07) is 4.52. The Balaban J connectivity index is 2.01. The maximum atomic E-state index is 13.7. The minimum Gasteiger partial charge on any atom is -0.497 e. The summed E-state index contributed by atoms with van der Waals surface area (Å²) < 4.78 is 20.1. The van der Waals surface area contributed by atoms with Crippen LogP contribution in [0.5, 0.6) is 11.5 Å². The standard InChI is InChI=1S/C24H26N4O5S/c1-7-33-23(30)20-13(2)26-24-28(21(20)17-9-8-16(31-5)11-18(17)32-6)22(29)19(34-24)10-15-12-25-27(4)14(15)3/h8-12,21H,7H2,1-6H3/b19-10+/t21-/m0/s1. The molecule has 0 amide bonds. The lowest BCUT2D eigenvalue weighted by Crippen LogP contribution is -2.40. The van der Waals surface area contributed by atoms with Crippen molar-refractivity contribution in [3.63, 3.8) is 0 Å². The molecule has 0 spiro atoms. The third-order valence-corrected chi connectivity index (χ3v) is 6.80. The second-order valence-electron chi connectivity index (χ2n) is 7.72. The van der Waals surface area contributed by atoms with Crippen LogP contribution in [0.3, 0.4) is 0 Å². The molecule has 34 heavy (non-hydrogen) atoms. The lowest BCUT2D eigenvalue weighted by atomic mass is 9.95. The number of fused-ring (bicyclic) bond motifs is 1. The van der Waals surface area contributed by atoms with Gasteiger partial charge in [0.2, 0.25) is 0 Å². The van der Waals surface area contributed by atoms with Crippen LogP contribution in [0.15, 0.2) is 45.5 Å². The summed E-state index contributed by atoms with van der Waals surface area (Å²) in [4.78, 5) is 31.8. The smallest absolute Gasteiger partial charge is 0.338 e. The van der Waals surface area contributed by atoms with Crippen molar-refractivity contribution in [1.29, 1.82) is 0 Å². The number of hydrogen-bond acceptors (Lipinski definition) is 8. The highest BCUT2D eigenvalue weighted by molar-refractivity contribution is 7.07. The maximum Gasteiger partial charge on any atom is 0.338 e. The number of rotatable bonds is 6. The van der Waals surface area contributed by atoms with E-state index >= 15 is 0 Å². The minimum atomic E-state index is -0.770. The normalized spacial score (nSPS) is 15.7. The van der Waals surface area contributed by atoms with Crippen LogP contribution >= 0.6 is 11.3 Å². The Labute approximate surface area is 200 Å². The van der Waals surface area contributed by atoms with Crippen LogP contribution in [0.2, 0.25) is 0 Å². The molecule has 1 aliphatic heterocycles. The summed E-state index contributed by atoms with van der Waals surface area (Å²) in [5.41, 5.74) is 2.93. The number of ether oxygens (including phenoxy) is 3. The molecular weight excluding hydrogens is 456 g/mol. The first-order chi connectivity index (χ1) is 16.3. The molecule has 1 atom stereocenters. The quantitative estimate of drug-likeness (QED) is 0.498. The second kappa shape index (κ2) is 9.30. The zero-order chi connectivity index (χ0) is 24.6. The van der Waals surface area contributed by atoms with Crippen LogP contribution in [0.1, 0.15) is 36.7 Å². The summed E-state index contributed by atoms with van der Waals surface area (Å²) >= 11 is 1.26. The number of esters is 1.